The molecule has 0 saturated heterocycles. The summed E-state index contributed by atoms with van der Waals surface area (Å²) in [7, 11) is 1.43. The minimum atomic E-state index is 1.18. The molecule has 0 fully saturated rings. The third-order valence-corrected chi connectivity index (χ3v) is 5.16. The molecule has 1 aliphatic heterocycles. The second-order valence-electron chi connectivity index (χ2n) is 5.34. The van der Waals surface area contributed by atoms with Gasteiger partial charge >= 0.3 is 0 Å². The highest BCUT2D eigenvalue weighted by atomic mass is 31.1. The SMILES string of the molecule is CCCC(=PC)c1ccc2c(c1)CCN(CC)CC2. The normalized spacial score (nSPS) is 17.1. The van der Waals surface area contributed by atoms with Crippen LogP contribution in [0.5, 0.6) is 0 Å². The highest BCUT2D eigenvalue weighted by molar-refractivity contribution is 7.40. The molecule has 0 radical (unpaired) electrons. The molecule has 0 spiro atoms. The predicted octanol–water partition coefficient (Wildman–Crippen LogP) is 4.00. The van der Waals surface area contributed by atoms with Crippen LogP contribution in [0.1, 0.15) is 43.4 Å². The van der Waals surface area contributed by atoms with Gasteiger partial charge in [0.15, 0.2) is 0 Å². The van der Waals surface area contributed by atoms with Crippen LogP contribution >= 0.6 is 8.20 Å². The lowest BCUT2D eigenvalue weighted by molar-refractivity contribution is 0.303. The molecule has 1 heterocycles. The largest absolute Gasteiger partial charge is 0.303 e. The number of rotatable bonds is 4. The van der Waals surface area contributed by atoms with Gasteiger partial charge in [-0.3, -0.25) is 0 Å². The Labute approximate surface area is 119 Å². The molecule has 0 bridgehead atoms. The van der Waals surface area contributed by atoms with Gasteiger partial charge in [-0.05, 0) is 54.5 Å². The van der Waals surface area contributed by atoms with Gasteiger partial charge in [-0.1, -0.05) is 38.5 Å². The average molecular weight is 275 g/mol. The summed E-state index contributed by atoms with van der Waals surface area (Å²) >= 11 is 0. The molecule has 0 N–H and O–H groups in total. The molecule has 0 amide bonds. The van der Waals surface area contributed by atoms with Gasteiger partial charge in [0.2, 0.25) is 0 Å². The van der Waals surface area contributed by atoms with E-state index < -0.39 is 0 Å². The quantitative estimate of drug-likeness (QED) is 0.751. The Kier molecular flexibility index (Phi) is 5.60. The molecule has 2 heteroatoms. The van der Waals surface area contributed by atoms with Gasteiger partial charge in [0, 0.05) is 13.1 Å². The Balaban J connectivity index is 2.22. The summed E-state index contributed by atoms with van der Waals surface area (Å²) in [5, 5.41) is 1.60. The lowest BCUT2D eigenvalue weighted by Crippen LogP contribution is -2.25. The Morgan fingerprint density at radius 2 is 1.89 bits per heavy atom. The minimum absolute atomic E-state index is 1.18. The van der Waals surface area contributed by atoms with E-state index >= 15 is 0 Å². The van der Waals surface area contributed by atoms with Crippen LogP contribution in [0.4, 0.5) is 0 Å². The molecule has 0 aromatic heterocycles. The van der Waals surface area contributed by atoms with Gasteiger partial charge in [-0.15, -0.1) is 8.20 Å². The van der Waals surface area contributed by atoms with Crippen LogP contribution in [-0.4, -0.2) is 36.5 Å². The van der Waals surface area contributed by atoms with Crippen LogP contribution < -0.4 is 0 Å². The zero-order chi connectivity index (χ0) is 13.7. The predicted molar refractivity (Wildman–Crippen MR) is 87.8 cm³/mol. The summed E-state index contributed by atoms with van der Waals surface area (Å²) < 4.78 is 0. The van der Waals surface area contributed by atoms with Gasteiger partial charge in [-0.2, -0.15) is 0 Å². The molecule has 104 valence electrons. The third kappa shape index (κ3) is 3.68. The van der Waals surface area contributed by atoms with Crippen molar-refractivity contribution in [2.24, 2.45) is 0 Å². The molecule has 2 rings (SSSR count). The van der Waals surface area contributed by atoms with E-state index in [4.69, 9.17) is 0 Å². The van der Waals surface area contributed by atoms with E-state index in [0.717, 1.165) is 0 Å². The fourth-order valence-corrected chi connectivity index (χ4v) is 3.73. The summed E-state index contributed by atoms with van der Waals surface area (Å²) in [6.45, 7) is 10.4. The molecule has 0 aliphatic carbocycles. The van der Waals surface area contributed by atoms with E-state index in [9.17, 15) is 0 Å². The van der Waals surface area contributed by atoms with Gasteiger partial charge in [-0.25, -0.2) is 0 Å². The molecule has 1 aliphatic rings. The first kappa shape index (κ1) is 14.8. The van der Waals surface area contributed by atoms with E-state index in [0.29, 0.717) is 0 Å². The lowest BCUT2D eigenvalue weighted by Gasteiger charge is -2.16. The van der Waals surface area contributed by atoms with Crippen molar-refractivity contribution >= 4 is 13.5 Å². The Morgan fingerprint density at radius 1 is 1.16 bits per heavy atom. The van der Waals surface area contributed by atoms with E-state index in [1.807, 2.05) is 0 Å². The van der Waals surface area contributed by atoms with Gasteiger partial charge < -0.3 is 4.90 Å². The number of fused-ring (bicyclic) bond motifs is 1. The Bertz CT molecular complexity index is 451. The first-order valence-electron chi connectivity index (χ1n) is 7.58. The van der Waals surface area contributed by atoms with E-state index in [2.05, 4.69) is 43.6 Å². The van der Waals surface area contributed by atoms with Crippen LogP contribution in [0.15, 0.2) is 18.2 Å². The van der Waals surface area contributed by atoms with Gasteiger partial charge in [0.05, 0.1) is 0 Å². The van der Waals surface area contributed by atoms with Crippen LogP contribution in [0.3, 0.4) is 0 Å². The van der Waals surface area contributed by atoms with Crippen molar-refractivity contribution in [2.75, 3.05) is 26.3 Å². The first-order chi connectivity index (χ1) is 9.28. The smallest absolute Gasteiger partial charge is 0.00219 e. The van der Waals surface area contributed by atoms with Crippen molar-refractivity contribution in [2.45, 2.75) is 39.5 Å². The van der Waals surface area contributed by atoms with E-state index in [-0.39, 0.29) is 0 Å². The molecule has 19 heavy (non-hydrogen) atoms. The van der Waals surface area contributed by atoms with E-state index in [1.165, 1.54) is 59.1 Å². The van der Waals surface area contributed by atoms with Crippen molar-refractivity contribution in [1.29, 1.82) is 0 Å². The summed E-state index contributed by atoms with van der Waals surface area (Å²) in [5.74, 6) is 0. The summed E-state index contributed by atoms with van der Waals surface area (Å²) in [6, 6.07) is 7.20. The van der Waals surface area contributed by atoms with Crippen molar-refractivity contribution in [3.63, 3.8) is 0 Å². The van der Waals surface area contributed by atoms with Crippen LogP contribution in [0.2, 0.25) is 0 Å². The fraction of sp³-hybridized carbons (Fsp3) is 0.588. The van der Waals surface area contributed by atoms with Crippen molar-refractivity contribution in [3.05, 3.63) is 34.9 Å². The molecule has 0 atom stereocenters. The maximum absolute atomic E-state index is 2.56. The Hall–Kier alpha value is -0.650. The van der Waals surface area contributed by atoms with Gasteiger partial charge in [0.25, 0.3) is 0 Å². The number of likely N-dealkylation sites (N-methyl/N-ethyl adjacent to an activating group) is 1. The zero-order valence-electron chi connectivity index (χ0n) is 12.6. The number of nitrogens with zero attached hydrogens (tertiary/aromatic N) is 1. The number of hydrogen-bond donors (Lipinski definition) is 0. The second-order valence-corrected chi connectivity index (χ2v) is 6.33. The van der Waals surface area contributed by atoms with Gasteiger partial charge in [0.1, 0.15) is 0 Å². The van der Waals surface area contributed by atoms with Crippen molar-refractivity contribution in [1.82, 2.24) is 4.90 Å². The highest BCUT2D eigenvalue weighted by Gasteiger charge is 2.13. The Morgan fingerprint density at radius 3 is 2.53 bits per heavy atom. The molecule has 0 unspecified atom stereocenters. The first-order valence-corrected chi connectivity index (χ1v) is 8.92. The standard InChI is InChI=1S/C17H26NP/c1-4-6-17(19-3)16-8-7-14-9-11-18(5-2)12-10-15(14)13-16/h7-8,13H,4-6,9-12H2,1-3H3. The molecular formula is C17H26NP. The van der Waals surface area contributed by atoms with Crippen molar-refractivity contribution in [3.8, 4) is 0 Å². The maximum Gasteiger partial charge on any atom is 0.00219 e. The monoisotopic (exact) mass is 275 g/mol. The fourth-order valence-electron chi connectivity index (χ4n) is 2.89. The van der Waals surface area contributed by atoms with Crippen molar-refractivity contribution < 1.29 is 0 Å². The van der Waals surface area contributed by atoms with Crippen LogP contribution in [0.25, 0.3) is 0 Å². The maximum atomic E-state index is 2.56. The second kappa shape index (κ2) is 7.22. The minimum Gasteiger partial charge on any atom is -0.303 e. The zero-order valence-corrected chi connectivity index (χ0v) is 13.5. The summed E-state index contributed by atoms with van der Waals surface area (Å²) in [6.07, 6.45) is 4.92. The number of hydrogen-bond acceptors (Lipinski definition) is 1. The van der Waals surface area contributed by atoms with Crippen LogP contribution in [-0.2, 0) is 12.8 Å². The highest BCUT2D eigenvalue weighted by Crippen LogP contribution is 2.21. The topological polar surface area (TPSA) is 3.24 Å². The molecular weight excluding hydrogens is 249 g/mol. The van der Waals surface area contributed by atoms with E-state index in [1.54, 1.807) is 16.4 Å². The van der Waals surface area contributed by atoms with Crippen LogP contribution in [0, 0.1) is 0 Å². The molecule has 0 saturated carbocycles. The lowest BCUT2D eigenvalue weighted by atomic mass is 9.98. The average Bonchev–Trinajstić information content (AvgIpc) is 2.66. The summed E-state index contributed by atoms with van der Waals surface area (Å²) in [4.78, 5) is 2.56. The molecule has 1 aromatic carbocycles. The molecule has 1 aromatic rings. The summed E-state index contributed by atoms with van der Waals surface area (Å²) in [5.41, 5.74) is 4.64. The number of benzene rings is 1. The third-order valence-electron chi connectivity index (χ3n) is 4.14. The molecule has 1 nitrogen and oxygen atoms in total.